The molecule has 1 aliphatic rings. The fourth-order valence-corrected chi connectivity index (χ4v) is 3.80. The Morgan fingerprint density at radius 2 is 1.71 bits per heavy atom. The summed E-state index contributed by atoms with van der Waals surface area (Å²) in [6.07, 6.45) is -4.39. The number of hydrogen-bond donors (Lipinski definition) is 1. The molecule has 1 atom stereocenters. The van der Waals surface area contributed by atoms with E-state index in [-0.39, 0.29) is 36.6 Å². The standard InChI is InChI=1S/C22H21F5N2O2/c1-13(30)28-21(2,16-4-3-5-17(10-16)22(25,26)27)20(31)29-11-14(12-29)8-15-9-18(23)6-7-19(15)24/h3-7,9-10,14H,8,11-12H2,1-2H3,(H,28,30). The molecule has 4 nitrogen and oxygen atoms in total. The maximum atomic E-state index is 13.8. The number of rotatable bonds is 5. The Bertz CT molecular complexity index is 1000. The Balaban J connectivity index is 1.79. The van der Waals surface area contributed by atoms with Crippen LogP contribution in [0.4, 0.5) is 22.0 Å². The molecule has 3 rings (SSSR count). The van der Waals surface area contributed by atoms with Crippen molar-refractivity contribution >= 4 is 11.8 Å². The van der Waals surface area contributed by atoms with Crippen molar-refractivity contribution in [2.45, 2.75) is 32.0 Å². The molecule has 1 aliphatic heterocycles. The van der Waals surface area contributed by atoms with Gasteiger partial charge in [-0.3, -0.25) is 9.59 Å². The predicted octanol–water partition coefficient (Wildman–Crippen LogP) is 4.04. The first-order valence-electron chi connectivity index (χ1n) is 9.60. The van der Waals surface area contributed by atoms with Gasteiger partial charge in [-0.05, 0) is 60.7 Å². The molecule has 1 heterocycles. The molecule has 2 amide bonds. The van der Waals surface area contributed by atoms with E-state index in [0.717, 1.165) is 30.3 Å². The van der Waals surface area contributed by atoms with E-state index in [0.29, 0.717) is 0 Å². The van der Waals surface area contributed by atoms with Gasteiger partial charge in [-0.15, -0.1) is 0 Å². The zero-order chi connectivity index (χ0) is 23.0. The number of carbonyl (C=O) groups excluding carboxylic acids is 2. The molecule has 0 radical (unpaired) electrons. The summed E-state index contributed by atoms with van der Waals surface area (Å²) in [4.78, 5) is 26.3. The summed E-state index contributed by atoms with van der Waals surface area (Å²) in [5.74, 6) is -2.39. The zero-order valence-electron chi connectivity index (χ0n) is 16.9. The first-order chi connectivity index (χ1) is 14.4. The largest absolute Gasteiger partial charge is 0.416 e. The second kappa shape index (κ2) is 8.28. The second-order valence-electron chi connectivity index (χ2n) is 7.90. The van der Waals surface area contributed by atoms with E-state index in [4.69, 9.17) is 0 Å². The van der Waals surface area contributed by atoms with E-state index in [1.807, 2.05) is 0 Å². The molecule has 31 heavy (non-hydrogen) atoms. The van der Waals surface area contributed by atoms with E-state index in [9.17, 15) is 31.5 Å². The molecule has 1 fully saturated rings. The first-order valence-corrected chi connectivity index (χ1v) is 9.60. The third-order valence-corrected chi connectivity index (χ3v) is 5.38. The van der Waals surface area contributed by atoms with Crippen molar-refractivity contribution in [3.8, 4) is 0 Å². The molecule has 9 heteroatoms. The lowest BCUT2D eigenvalue weighted by Crippen LogP contribution is -2.61. The average Bonchev–Trinajstić information content (AvgIpc) is 2.65. The van der Waals surface area contributed by atoms with Crippen LogP contribution in [0.2, 0.25) is 0 Å². The van der Waals surface area contributed by atoms with Crippen LogP contribution in [0.15, 0.2) is 42.5 Å². The maximum absolute atomic E-state index is 13.8. The van der Waals surface area contributed by atoms with Gasteiger partial charge in [0.05, 0.1) is 5.56 Å². The number of alkyl halides is 3. The number of nitrogens with zero attached hydrogens (tertiary/aromatic N) is 1. The summed E-state index contributed by atoms with van der Waals surface area (Å²) in [5.41, 5.74) is -2.44. The summed E-state index contributed by atoms with van der Waals surface area (Å²) in [5, 5.41) is 2.47. The lowest BCUT2D eigenvalue weighted by molar-refractivity contribution is -0.147. The monoisotopic (exact) mass is 440 g/mol. The predicted molar refractivity (Wildman–Crippen MR) is 103 cm³/mol. The number of benzene rings is 2. The number of likely N-dealkylation sites (tertiary alicyclic amines) is 1. The molecule has 2 aromatic rings. The van der Waals surface area contributed by atoms with Crippen LogP contribution < -0.4 is 5.32 Å². The molecule has 0 aromatic heterocycles. The van der Waals surface area contributed by atoms with Gasteiger partial charge in [0, 0.05) is 20.0 Å². The van der Waals surface area contributed by atoms with E-state index < -0.39 is 40.7 Å². The van der Waals surface area contributed by atoms with Crippen LogP contribution in [-0.4, -0.2) is 29.8 Å². The van der Waals surface area contributed by atoms with Gasteiger partial charge in [0.1, 0.15) is 17.2 Å². The Morgan fingerprint density at radius 1 is 1.06 bits per heavy atom. The molecule has 1 unspecified atom stereocenters. The first kappa shape index (κ1) is 22.7. The fourth-order valence-electron chi connectivity index (χ4n) is 3.80. The Morgan fingerprint density at radius 3 is 2.32 bits per heavy atom. The van der Waals surface area contributed by atoms with Crippen LogP contribution in [-0.2, 0) is 27.7 Å². The molecule has 0 spiro atoms. The maximum Gasteiger partial charge on any atom is 0.416 e. The third kappa shape index (κ3) is 4.86. The average molecular weight is 440 g/mol. The number of amides is 2. The second-order valence-corrected chi connectivity index (χ2v) is 7.90. The van der Waals surface area contributed by atoms with Gasteiger partial charge in [0.2, 0.25) is 5.91 Å². The van der Waals surface area contributed by atoms with Crippen LogP contribution in [0.3, 0.4) is 0 Å². The normalized spacial score (nSPS) is 16.4. The van der Waals surface area contributed by atoms with Crippen LogP contribution in [0.25, 0.3) is 0 Å². The van der Waals surface area contributed by atoms with Crippen LogP contribution in [0, 0.1) is 17.6 Å². The van der Waals surface area contributed by atoms with Gasteiger partial charge in [-0.25, -0.2) is 8.78 Å². The summed E-state index contributed by atoms with van der Waals surface area (Å²) < 4.78 is 66.6. The molecular weight excluding hydrogens is 419 g/mol. The van der Waals surface area contributed by atoms with Crippen molar-refractivity contribution in [1.29, 1.82) is 0 Å². The molecule has 0 aliphatic carbocycles. The van der Waals surface area contributed by atoms with Crippen LogP contribution >= 0.6 is 0 Å². The van der Waals surface area contributed by atoms with Crippen LogP contribution in [0.1, 0.15) is 30.5 Å². The highest BCUT2D eigenvalue weighted by molar-refractivity contribution is 5.92. The highest BCUT2D eigenvalue weighted by Crippen LogP contribution is 2.34. The molecule has 1 saturated heterocycles. The summed E-state index contributed by atoms with van der Waals surface area (Å²) in [7, 11) is 0. The number of halogens is 5. The van der Waals surface area contributed by atoms with Gasteiger partial charge in [-0.1, -0.05) is 12.1 Å². The number of nitrogens with one attached hydrogen (secondary N) is 1. The molecule has 2 aromatic carbocycles. The fraction of sp³-hybridized carbons (Fsp3) is 0.364. The number of carbonyl (C=O) groups is 2. The van der Waals surface area contributed by atoms with Crippen molar-refractivity contribution in [3.63, 3.8) is 0 Å². The van der Waals surface area contributed by atoms with E-state index in [1.54, 1.807) is 0 Å². The Kier molecular flexibility index (Phi) is 6.07. The summed E-state index contributed by atoms with van der Waals surface area (Å²) in [6, 6.07) is 7.41. The van der Waals surface area contributed by atoms with Crippen molar-refractivity contribution < 1.29 is 31.5 Å². The zero-order valence-corrected chi connectivity index (χ0v) is 16.9. The highest BCUT2D eigenvalue weighted by atomic mass is 19.4. The topological polar surface area (TPSA) is 49.4 Å². The molecule has 0 saturated carbocycles. The molecule has 166 valence electrons. The summed E-state index contributed by atoms with van der Waals surface area (Å²) >= 11 is 0. The minimum Gasteiger partial charge on any atom is -0.340 e. The van der Waals surface area contributed by atoms with Crippen molar-refractivity contribution in [2.75, 3.05) is 13.1 Å². The molecule has 0 bridgehead atoms. The van der Waals surface area contributed by atoms with E-state index in [2.05, 4.69) is 5.32 Å². The molecule has 1 N–H and O–H groups in total. The lowest BCUT2D eigenvalue weighted by atomic mass is 9.85. The van der Waals surface area contributed by atoms with E-state index in [1.165, 1.54) is 30.9 Å². The van der Waals surface area contributed by atoms with Crippen molar-refractivity contribution in [3.05, 3.63) is 70.8 Å². The Labute approximate surface area is 176 Å². The number of hydrogen-bond acceptors (Lipinski definition) is 2. The highest BCUT2D eigenvalue weighted by Gasteiger charge is 2.44. The minimum atomic E-state index is -4.60. The van der Waals surface area contributed by atoms with Gasteiger partial charge >= 0.3 is 6.18 Å². The lowest BCUT2D eigenvalue weighted by Gasteiger charge is -2.44. The summed E-state index contributed by atoms with van der Waals surface area (Å²) in [6.45, 7) is 2.95. The van der Waals surface area contributed by atoms with Gasteiger partial charge in [0.25, 0.3) is 5.91 Å². The van der Waals surface area contributed by atoms with Crippen molar-refractivity contribution in [2.24, 2.45) is 5.92 Å². The van der Waals surface area contributed by atoms with Gasteiger partial charge < -0.3 is 10.2 Å². The van der Waals surface area contributed by atoms with Crippen molar-refractivity contribution in [1.82, 2.24) is 10.2 Å². The van der Waals surface area contributed by atoms with E-state index >= 15 is 0 Å². The van der Waals surface area contributed by atoms with Crippen LogP contribution in [0.5, 0.6) is 0 Å². The minimum absolute atomic E-state index is 0.00199. The SMILES string of the molecule is CC(=O)NC(C)(C(=O)N1CC(Cc2cc(F)ccc2F)C1)c1cccc(C(F)(F)F)c1. The van der Waals surface area contributed by atoms with Gasteiger partial charge in [0.15, 0.2) is 0 Å². The van der Waals surface area contributed by atoms with Gasteiger partial charge in [-0.2, -0.15) is 13.2 Å². The molecular formula is C22H21F5N2O2. The Hall–Kier alpha value is -2.97. The smallest absolute Gasteiger partial charge is 0.340 e. The third-order valence-electron chi connectivity index (χ3n) is 5.38. The quantitative estimate of drug-likeness (QED) is 0.714.